The summed E-state index contributed by atoms with van der Waals surface area (Å²) in [6, 6.07) is 1.78. The first kappa shape index (κ1) is 17.2. The van der Waals surface area contributed by atoms with Crippen molar-refractivity contribution >= 4 is 17.8 Å². The van der Waals surface area contributed by atoms with Crippen LogP contribution in [0.5, 0.6) is 0 Å². The van der Waals surface area contributed by atoms with Gasteiger partial charge < -0.3 is 14.7 Å². The van der Waals surface area contributed by atoms with Crippen LogP contribution in [0.3, 0.4) is 0 Å². The van der Waals surface area contributed by atoms with Crippen molar-refractivity contribution in [3.05, 3.63) is 18.5 Å². The molecule has 1 fully saturated rings. The SMILES string of the molecule is CCCCN(C)C(=O)CC(=O)N1CCN(c2ncccn2)CC1. The van der Waals surface area contributed by atoms with E-state index in [1.807, 2.05) is 0 Å². The van der Waals surface area contributed by atoms with Crippen LogP contribution in [0.25, 0.3) is 0 Å². The molecule has 0 N–H and O–H groups in total. The Balaban J connectivity index is 1.78. The quantitative estimate of drug-likeness (QED) is 0.725. The maximum absolute atomic E-state index is 12.3. The maximum Gasteiger partial charge on any atom is 0.232 e. The zero-order chi connectivity index (χ0) is 16.7. The predicted molar refractivity (Wildman–Crippen MR) is 88.0 cm³/mol. The van der Waals surface area contributed by atoms with Crippen LogP contribution in [-0.2, 0) is 9.59 Å². The summed E-state index contributed by atoms with van der Waals surface area (Å²) in [6.07, 6.45) is 5.39. The average molecular weight is 319 g/mol. The second-order valence-electron chi connectivity index (χ2n) is 5.76. The summed E-state index contributed by atoms with van der Waals surface area (Å²) in [5.41, 5.74) is 0. The van der Waals surface area contributed by atoms with E-state index >= 15 is 0 Å². The zero-order valence-electron chi connectivity index (χ0n) is 13.9. The van der Waals surface area contributed by atoms with E-state index in [1.54, 1.807) is 35.3 Å². The van der Waals surface area contributed by atoms with E-state index in [2.05, 4.69) is 21.8 Å². The lowest BCUT2D eigenvalue weighted by Gasteiger charge is -2.34. The number of carbonyl (C=O) groups excluding carboxylic acids is 2. The number of piperazine rings is 1. The molecule has 0 saturated carbocycles. The number of amides is 2. The van der Waals surface area contributed by atoms with Gasteiger partial charge in [-0.15, -0.1) is 0 Å². The summed E-state index contributed by atoms with van der Waals surface area (Å²) < 4.78 is 0. The lowest BCUT2D eigenvalue weighted by atomic mass is 10.2. The van der Waals surface area contributed by atoms with Crippen LogP contribution in [0.4, 0.5) is 5.95 Å². The first-order valence-corrected chi connectivity index (χ1v) is 8.15. The van der Waals surface area contributed by atoms with E-state index in [1.165, 1.54) is 0 Å². The molecule has 0 bridgehead atoms. The van der Waals surface area contributed by atoms with E-state index < -0.39 is 0 Å². The molecule has 126 valence electrons. The van der Waals surface area contributed by atoms with E-state index in [0.29, 0.717) is 38.7 Å². The molecule has 0 radical (unpaired) electrons. The van der Waals surface area contributed by atoms with Crippen molar-refractivity contribution in [2.75, 3.05) is 44.7 Å². The van der Waals surface area contributed by atoms with E-state index in [0.717, 1.165) is 12.8 Å². The molecule has 1 aliphatic rings. The molecule has 1 aromatic rings. The first-order chi connectivity index (χ1) is 11.1. The average Bonchev–Trinajstić information content (AvgIpc) is 2.60. The fourth-order valence-electron chi connectivity index (χ4n) is 2.51. The van der Waals surface area contributed by atoms with Crippen molar-refractivity contribution in [1.29, 1.82) is 0 Å². The molecule has 0 atom stereocenters. The van der Waals surface area contributed by atoms with Gasteiger partial charge in [0.05, 0.1) is 0 Å². The van der Waals surface area contributed by atoms with Crippen LogP contribution >= 0.6 is 0 Å². The highest BCUT2D eigenvalue weighted by molar-refractivity contribution is 5.96. The second-order valence-corrected chi connectivity index (χ2v) is 5.76. The Kier molecular flexibility index (Phi) is 6.31. The van der Waals surface area contributed by atoms with Crippen molar-refractivity contribution < 1.29 is 9.59 Å². The Labute approximate surface area is 137 Å². The standard InChI is InChI=1S/C16H25N5O2/c1-3-4-8-19(2)14(22)13-15(23)20-9-11-21(12-10-20)16-17-6-5-7-18-16/h5-7H,3-4,8-13H2,1-2H3. The Hall–Kier alpha value is -2.18. The minimum Gasteiger partial charge on any atom is -0.345 e. The number of nitrogens with zero attached hydrogens (tertiary/aromatic N) is 5. The predicted octanol–water partition coefficient (Wildman–Crippen LogP) is 0.774. The summed E-state index contributed by atoms with van der Waals surface area (Å²) in [7, 11) is 1.76. The second kappa shape index (κ2) is 8.45. The molecule has 0 unspecified atom stereocenters. The molecule has 0 aliphatic carbocycles. The number of anilines is 1. The third kappa shape index (κ3) is 4.91. The number of carbonyl (C=O) groups is 2. The Morgan fingerprint density at radius 3 is 2.43 bits per heavy atom. The number of unbranched alkanes of at least 4 members (excludes halogenated alkanes) is 1. The fourth-order valence-corrected chi connectivity index (χ4v) is 2.51. The third-order valence-corrected chi connectivity index (χ3v) is 4.04. The molecular weight excluding hydrogens is 294 g/mol. The van der Waals surface area contributed by atoms with Crippen LogP contribution < -0.4 is 4.90 Å². The topological polar surface area (TPSA) is 69.6 Å². The monoisotopic (exact) mass is 319 g/mol. The van der Waals surface area contributed by atoms with E-state index in [9.17, 15) is 9.59 Å². The highest BCUT2D eigenvalue weighted by Gasteiger charge is 2.24. The normalized spacial score (nSPS) is 14.7. The van der Waals surface area contributed by atoms with Crippen LogP contribution in [0.1, 0.15) is 26.2 Å². The molecular formula is C16H25N5O2. The summed E-state index contributed by atoms with van der Waals surface area (Å²) in [5, 5.41) is 0. The van der Waals surface area contributed by atoms with Crippen molar-refractivity contribution in [3.8, 4) is 0 Å². The molecule has 7 heteroatoms. The van der Waals surface area contributed by atoms with Crippen molar-refractivity contribution in [3.63, 3.8) is 0 Å². The van der Waals surface area contributed by atoms with Gasteiger partial charge in [-0.1, -0.05) is 13.3 Å². The van der Waals surface area contributed by atoms with Gasteiger partial charge in [-0.25, -0.2) is 9.97 Å². The molecule has 0 spiro atoms. The molecule has 2 amide bonds. The van der Waals surface area contributed by atoms with Gasteiger partial charge in [0.2, 0.25) is 17.8 Å². The summed E-state index contributed by atoms with van der Waals surface area (Å²) in [5.74, 6) is 0.499. The molecule has 7 nitrogen and oxygen atoms in total. The van der Waals surface area contributed by atoms with Crippen molar-refractivity contribution in [2.45, 2.75) is 26.2 Å². The zero-order valence-corrected chi connectivity index (χ0v) is 13.9. The minimum atomic E-state index is -0.0997. The minimum absolute atomic E-state index is 0.0396. The summed E-state index contributed by atoms with van der Waals surface area (Å²) in [6.45, 7) is 5.37. The van der Waals surface area contributed by atoms with Crippen molar-refractivity contribution in [1.82, 2.24) is 19.8 Å². The highest BCUT2D eigenvalue weighted by atomic mass is 16.2. The summed E-state index contributed by atoms with van der Waals surface area (Å²) >= 11 is 0. The smallest absolute Gasteiger partial charge is 0.232 e. The molecule has 2 rings (SSSR count). The first-order valence-electron chi connectivity index (χ1n) is 8.15. The van der Waals surface area contributed by atoms with Crippen LogP contribution in [0.2, 0.25) is 0 Å². The van der Waals surface area contributed by atoms with Gasteiger partial charge in [0.1, 0.15) is 6.42 Å². The van der Waals surface area contributed by atoms with E-state index in [4.69, 9.17) is 0 Å². The number of rotatable bonds is 6. The van der Waals surface area contributed by atoms with Gasteiger partial charge in [0.25, 0.3) is 0 Å². The van der Waals surface area contributed by atoms with Gasteiger partial charge in [0, 0.05) is 52.2 Å². The maximum atomic E-state index is 12.3. The molecule has 0 aromatic carbocycles. The van der Waals surface area contributed by atoms with Gasteiger partial charge in [-0.2, -0.15) is 0 Å². The Morgan fingerprint density at radius 2 is 1.83 bits per heavy atom. The third-order valence-electron chi connectivity index (χ3n) is 4.04. The number of aromatic nitrogens is 2. The highest BCUT2D eigenvalue weighted by Crippen LogP contribution is 2.10. The lowest BCUT2D eigenvalue weighted by molar-refractivity contribution is -0.140. The molecule has 2 heterocycles. The van der Waals surface area contributed by atoms with Gasteiger partial charge >= 0.3 is 0 Å². The van der Waals surface area contributed by atoms with Gasteiger partial charge in [-0.3, -0.25) is 9.59 Å². The molecule has 1 saturated heterocycles. The van der Waals surface area contributed by atoms with Gasteiger partial charge in [0.15, 0.2) is 0 Å². The number of hydrogen-bond donors (Lipinski definition) is 0. The lowest BCUT2D eigenvalue weighted by Crippen LogP contribution is -2.50. The molecule has 23 heavy (non-hydrogen) atoms. The largest absolute Gasteiger partial charge is 0.345 e. The fraction of sp³-hybridized carbons (Fsp3) is 0.625. The van der Waals surface area contributed by atoms with E-state index in [-0.39, 0.29) is 18.2 Å². The van der Waals surface area contributed by atoms with Crippen LogP contribution in [0.15, 0.2) is 18.5 Å². The molecule has 1 aromatic heterocycles. The Morgan fingerprint density at radius 1 is 1.17 bits per heavy atom. The Bertz CT molecular complexity index is 514. The molecule has 1 aliphatic heterocycles. The van der Waals surface area contributed by atoms with Crippen LogP contribution in [-0.4, -0.2) is 71.4 Å². The van der Waals surface area contributed by atoms with Crippen LogP contribution in [0, 0.1) is 0 Å². The van der Waals surface area contributed by atoms with Gasteiger partial charge in [-0.05, 0) is 12.5 Å². The van der Waals surface area contributed by atoms with Crippen molar-refractivity contribution in [2.24, 2.45) is 0 Å². The number of hydrogen-bond acceptors (Lipinski definition) is 5. The summed E-state index contributed by atoms with van der Waals surface area (Å²) in [4.78, 5) is 38.2.